The molecular weight excluding hydrogens is 357 g/mol. The average molecular weight is 371 g/mol. The second-order valence-corrected chi connectivity index (χ2v) is 5.43. The van der Waals surface area contributed by atoms with Crippen LogP contribution in [0.3, 0.4) is 0 Å². The van der Waals surface area contributed by atoms with Gasteiger partial charge in [-0.15, -0.1) is 12.4 Å². The van der Waals surface area contributed by atoms with E-state index < -0.39 is 0 Å². The smallest absolute Gasteiger partial charge is 0.134 e. The zero-order valence-electron chi connectivity index (χ0n) is 8.71. The Balaban J connectivity index is 0.00000128. The van der Waals surface area contributed by atoms with Gasteiger partial charge in [0.25, 0.3) is 0 Å². The highest BCUT2D eigenvalue weighted by Crippen LogP contribution is 2.29. The van der Waals surface area contributed by atoms with Crippen molar-refractivity contribution in [3.8, 4) is 5.75 Å². The summed E-state index contributed by atoms with van der Waals surface area (Å²) in [4.78, 5) is 0. The Labute approximate surface area is 119 Å². The lowest BCUT2D eigenvalue weighted by molar-refractivity contribution is 0.166. The van der Waals surface area contributed by atoms with Gasteiger partial charge in [-0.1, -0.05) is 15.9 Å². The molecule has 2 rings (SSSR count). The molecule has 0 spiro atoms. The summed E-state index contributed by atoms with van der Waals surface area (Å²) in [6.45, 7) is 2.06. The molecule has 1 aromatic rings. The lowest BCUT2D eigenvalue weighted by Gasteiger charge is -2.24. The average Bonchev–Trinajstić information content (AvgIpc) is 2.24. The Kier molecular flexibility index (Phi) is 6.11. The number of nitrogens with one attached hydrogen (secondary N) is 1. The third-order valence-electron chi connectivity index (χ3n) is 2.44. The van der Waals surface area contributed by atoms with E-state index >= 15 is 0 Å². The minimum Gasteiger partial charge on any atom is -0.488 e. The summed E-state index contributed by atoms with van der Waals surface area (Å²) >= 11 is 6.92. The molecule has 1 atom stereocenters. The number of ether oxygens (including phenoxy) is 1. The van der Waals surface area contributed by atoms with E-state index in [1.165, 1.54) is 6.42 Å². The fraction of sp³-hybridized carbons (Fsp3) is 0.455. The van der Waals surface area contributed by atoms with E-state index in [9.17, 15) is 0 Å². The molecule has 16 heavy (non-hydrogen) atoms. The van der Waals surface area contributed by atoms with Crippen molar-refractivity contribution < 1.29 is 4.74 Å². The van der Waals surface area contributed by atoms with Gasteiger partial charge in [-0.2, -0.15) is 0 Å². The SMILES string of the molecule is Brc1ccc(OC2CCCNC2)c(Br)c1.Cl. The number of rotatable bonds is 2. The van der Waals surface area contributed by atoms with E-state index in [-0.39, 0.29) is 12.4 Å². The van der Waals surface area contributed by atoms with Gasteiger partial charge >= 0.3 is 0 Å². The molecule has 0 aromatic heterocycles. The Bertz CT molecular complexity index is 343. The van der Waals surface area contributed by atoms with Crippen LogP contribution in [0.1, 0.15) is 12.8 Å². The Morgan fingerprint density at radius 2 is 2.12 bits per heavy atom. The fourth-order valence-corrected chi connectivity index (χ4v) is 2.81. The van der Waals surface area contributed by atoms with Crippen LogP contribution in [0.15, 0.2) is 27.1 Å². The first-order valence-corrected chi connectivity index (χ1v) is 6.67. The molecule has 1 aliphatic rings. The highest BCUT2D eigenvalue weighted by Gasteiger charge is 2.15. The fourth-order valence-electron chi connectivity index (χ4n) is 1.67. The van der Waals surface area contributed by atoms with Gasteiger partial charge in [-0.3, -0.25) is 0 Å². The van der Waals surface area contributed by atoms with Crippen molar-refractivity contribution in [3.05, 3.63) is 27.1 Å². The van der Waals surface area contributed by atoms with Gasteiger partial charge < -0.3 is 10.1 Å². The van der Waals surface area contributed by atoms with Crippen LogP contribution in [-0.4, -0.2) is 19.2 Å². The van der Waals surface area contributed by atoms with Gasteiger partial charge in [0.15, 0.2) is 0 Å². The van der Waals surface area contributed by atoms with Gasteiger partial charge in [0.2, 0.25) is 0 Å². The minimum absolute atomic E-state index is 0. The van der Waals surface area contributed by atoms with Crippen molar-refractivity contribution >= 4 is 44.3 Å². The highest BCUT2D eigenvalue weighted by molar-refractivity contribution is 9.11. The van der Waals surface area contributed by atoms with Crippen LogP contribution in [0.25, 0.3) is 0 Å². The standard InChI is InChI=1S/C11H13Br2NO.ClH/c12-8-3-4-11(10(13)6-8)15-9-2-1-5-14-7-9;/h3-4,6,9,14H,1-2,5,7H2;1H. The third kappa shape index (κ3) is 3.91. The Morgan fingerprint density at radius 3 is 2.75 bits per heavy atom. The van der Waals surface area contributed by atoms with E-state index in [4.69, 9.17) is 4.74 Å². The first-order valence-electron chi connectivity index (χ1n) is 5.08. The summed E-state index contributed by atoms with van der Waals surface area (Å²) in [5, 5.41) is 3.34. The van der Waals surface area contributed by atoms with Crippen LogP contribution >= 0.6 is 44.3 Å². The molecule has 0 saturated carbocycles. The summed E-state index contributed by atoms with van der Waals surface area (Å²) in [5.41, 5.74) is 0. The molecular formula is C11H14Br2ClNO. The summed E-state index contributed by atoms with van der Waals surface area (Å²) in [6.07, 6.45) is 2.63. The molecule has 5 heteroatoms. The van der Waals surface area contributed by atoms with Crippen LogP contribution in [0.4, 0.5) is 0 Å². The second-order valence-electron chi connectivity index (χ2n) is 3.66. The summed E-state index contributed by atoms with van der Waals surface area (Å²) in [6, 6.07) is 5.99. The van der Waals surface area contributed by atoms with Gasteiger partial charge in [0.1, 0.15) is 11.9 Å². The first kappa shape index (κ1) is 14.3. The van der Waals surface area contributed by atoms with Gasteiger partial charge in [-0.25, -0.2) is 0 Å². The largest absolute Gasteiger partial charge is 0.488 e. The van der Waals surface area contributed by atoms with Gasteiger partial charge in [-0.05, 0) is 53.5 Å². The molecule has 1 unspecified atom stereocenters. The van der Waals surface area contributed by atoms with Crippen molar-refractivity contribution in [2.45, 2.75) is 18.9 Å². The van der Waals surface area contributed by atoms with Crippen molar-refractivity contribution in [2.75, 3.05) is 13.1 Å². The van der Waals surface area contributed by atoms with Crippen molar-refractivity contribution in [3.63, 3.8) is 0 Å². The van der Waals surface area contributed by atoms with Crippen LogP contribution in [0, 0.1) is 0 Å². The van der Waals surface area contributed by atoms with Crippen LogP contribution in [-0.2, 0) is 0 Å². The number of benzene rings is 1. The lowest BCUT2D eigenvalue weighted by Crippen LogP contribution is -2.37. The Morgan fingerprint density at radius 1 is 1.31 bits per heavy atom. The van der Waals surface area contributed by atoms with Gasteiger partial charge in [0.05, 0.1) is 4.47 Å². The van der Waals surface area contributed by atoms with E-state index in [1.807, 2.05) is 18.2 Å². The monoisotopic (exact) mass is 369 g/mol. The molecule has 1 aromatic carbocycles. The van der Waals surface area contributed by atoms with Crippen molar-refractivity contribution in [1.29, 1.82) is 0 Å². The van der Waals surface area contributed by atoms with Gasteiger partial charge in [0, 0.05) is 11.0 Å². The molecule has 0 amide bonds. The molecule has 1 N–H and O–H groups in total. The maximum absolute atomic E-state index is 5.91. The molecule has 1 heterocycles. The molecule has 1 aliphatic heterocycles. The molecule has 90 valence electrons. The zero-order chi connectivity index (χ0) is 10.7. The molecule has 0 bridgehead atoms. The van der Waals surface area contributed by atoms with E-state index in [0.717, 1.165) is 34.2 Å². The van der Waals surface area contributed by atoms with Crippen molar-refractivity contribution in [2.24, 2.45) is 0 Å². The Hall–Kier alpha value is 0.230. The van der Waals surface area contributed by atoms with Crippen molar-refractivity contribution in [1.82, 2.24) is 5.32 Å². The van der Waals surface area contributed by atoms with Crippen LogP contribution in [0.5, 0.6) is 5.75 Å². The molecule has 2 nitrogen and oxygen atoms in total. The summed E-state index contributed by atoms with van der Waals surface area (Å²) in [7, 11) is 0. The topological polar surface area (TPSA) is 21.3 Å². The third-order valence-corrected chi connectivity index (χ3v) is 3.55. The number of halogens is 3. The molecule has 1 fully saturated rings. The van der Waals surface area contributed by atoms with Crippen LogP contribution in [0.2, 0.25) is 0 Å². The van der Waals surface area contributed by atoms with E-state index in [2.05, 4.69) is 37.2 Å². The number of hydrogen-bond acceptors (Lipinski definition) is 2. The normalized spacial score (nSPS) is 20.0. The maximum atomic E-state index is 5.91. The lowest BCUT2D eigenvalue weighted by atomic mass is 10.1. The summed E-state index contributed by atoms with van der Waals surface area (Å²) < 4.78 is 7.97. The number of piperidine rings is 1. The van der Waals surface area contributed by atoms with E-state index in [1.54, 1.807) is 0 Å². The zero-order valence-corrected chi connectivity index (χ0v) is 12.7. The predicted molar refractivity (Wildman–Crippen MR) is 75.6 cm³/mol. The molecule has 0 radical (unpaired) electrons. The predicted octanol–water partition coefficient (Wildman–Crippen LogP) is 3.76. The highest BCUT2D eigenvalue weighted by atomic mass is 79.9. The second kappa shape index (κ2) is 6.84. The maximum Gasteiger partial charge on any atom is 0.134 e. The van der Waals surface area contributed by atoms with Crippen LogP contribution < -0.4 is 10.1 Å². The minimum atomic E-state index is 0. The van der Waals surface area contributed by atoms with E-state index in [0.29, 0.717) is 6.10 Å². The first-order chi connectivity index (χ1) is 7.25. The number of hydrogen-bond donors (Lipinski definition) is 1. The summed E-state index contributed by atoms with van der Waals surface area (Å²) in [5.74, 6) is 0.923. The molecule has 1 saturated heterocycles. The molecule has 0 aliphatic carbocycles. The quantitative estimate of drug-likeness (QED) is 0.855.